The van der Waals surface area contributed by atoms with Gasteiger partial charge < -0.3 is 10.2 Å². The molecule has 1 unspecified atom stereocenters. The van der Waals surface area contributed by atoms with Crippen LogP contribution in [-0.4, -0.2) is 42.5 Å². The number of piperidine rings is 1. The summed E-state index contributed by atoms with van der Waals surface area (Å²) >= 11 is 0. The highest BCUT2D eigenvalue weighted by atomic mass is 19.1. The van der Waals surface area contributed by atoms with Crippen molar-refractivity contribution >= 4 is 16.8 Å². The van der Waals surface area contributed by atoms with Gasteiger partial charge in [-0.15, -0.1) is 0 Å². The minimum atomic E-state index is -0.351. The summed E-state index contributed by atoms with van der Waals surface area (Å²) in [6, 6.07) is 16.0. The standard InChI is InChI=1S/C23H24FN3O/c1-25-14-16-6-5-11-27(15-16)23(28)20-13-21(17-7-3-2-4-8-17)26-22-12-18(24)9-10-19(20)22/h2-4,7-10,12-13,16,25H,5-6,11,14-15H2,1H3. The molecule has 4 nitrogen and oxygen atoms in total. The lowest BCUT2D eigenvalue weighted by Gasteiger charge is -2.33. The van der Waals surface area contributed by atoms with E-state index in [1.165, 1.54) is 12.1 Å². The number of carbonyl (C=O) groups is 1. The summed E-state index contributed by atoms with van der Waals surface area (Å²) in [5.74, 6) is 0.106. The summed E-state index contributed by atoms with van der Waals surface area (Å²) < 4.78 is 13.9. The second-order valence-corrected chi connectivity index (χ2v) is 7.40. The van der Waals surface area contributed by atoms with Crippen molar-refractivity contribution in [2.24, 2.45) is 5.92 Å². The van der Waals surface area contributed by atoms with Gasteiger partial charge in [-0.2, -0.15) is 0 Å². The quantitative estimate of drug-likeness (QED) is 0.744. The molecule has 0 spiro atoms. The Morgan fingerprint density at radius 1 is 1.21 bits per heavy atom. The lowest BCUT2D eigenvalue weighted by molar-refractivity contribution is 0.0676. The average molecular weight is 377 g/mol. The first-order valence-corrected chi connectivity index (χ1v) is 9.75. The maximum absolute atomic E-state index is 13.9. The molecule has 5 heteroatoms. The minimum Gasteiger partial charge on any atom is -0.338 e. The lowest BCUT2D eigenvalue weighted by Crippen LogP contribution is -2.42. The van der Waals surface area contributed by atoms with Gasteiger partial charge in [-0.1, -0.05) is 30.3 Å². The highest BCUT2D eigenvalue weighted by Gasteiger charge is 2.26. The number of aromatic nitrogens is 1. The number of amides is 1. The molecule has 1 saturated heterocycles. The number of nitrogens with zero attached hydrogens (tertiary/aromatic N) is 2. The summed E-state index contributed by atoms with van der Waals surface area (Å²) in [7, 11) is 1.94. The van der Waals surface area contributed by atoms with Gasteiger partial charge >= 0.3 is 0 Å². The second kappa shape index (κ2) is 8.07. The molecule has 1 fully saturated rings. The van der Waals surface area contributed by atoms with Gasteiger partial charge in [0.15, 0.2) is 0 Å². The Morgan fingerprint density at radius 2 is 2.04 bits per heavy atom. The molecule has 0 saturated carbocycles. The van der Waals surface area contributed by atoms with Crippen molar-refractivity contribution in [3.8, 4) is 11.3 Å². The summed E-state index contributed by atoms with van der Waals surface area (Å²) in [6.07, 6.45) is 2.13. The fourth-order valence-corrected chi connectivity index (χ4v) is 4.01. The highest BCUT2D eigenvalue weighted by molar-refractivity contribution is 6.07. The van der Waals surface area contributed by atoms with Gasteiger partial charge in [-0.05, 0) is 50.6 Å². The van der Waals surface area contributed by atoms with E-state index in [2.05, 4.69) is 10.3 Å². The predicted octanol–water partition coefficient (Wildman–Crippen LogP) is 4.11. The Hall–Kier alpha value is -2.79. The smallest absolute Gasteiger partial charge is 0.254 e. The van der Waals surface area contributed by atoms with Gasteiger partial charge in [0.25, 0.3) is 5.91 Å². The van der Waals surface area contributed by atoms with E-state index in [-0.39, 0.29) is 11.7 Å². The molecule has 2 heterocycles. The monoisotopic (exact) mass is 377 g/mol. The van der Waals surface area contributed by atoms with Crippen molar-refractivity contribution in [1.82, 2.24) is 15.2 Å². The molecule has 0 bridgehead atoms. The van der Waals surface area contributed by atoms with Crippen LogP contribution in [0.4, 0.5) is 4.39 Å². The van der Waals surface area contributed by atoms with Gasteiger partial charge in [0.05, 0.1) is 16.8 Å². The predicted molar refractivity (Wildman–Crippen MR) is 110 cm³/mol. The van der Waals surface area contributed by atoms with Gasteiger partial charge in [-0.3, -0.25) is 4.79 Å². The Balaban J connectivity index is 1.77. The molecule has 1 aromatic heterocycles. The Kier molecular flexibility index (Phi) is 5.35. The molecule has 1 N–H and O–H groups in total. The fraction of sp³-hybridized carbons (Fsp3) is 0.304. The topological polar surface area (TPSA) is 45.2 Å². The third kappa shape index (κ3) is 3.76. The highest BCUT2D eigenvalue weighted by Crippen LogP contribution is 2.28. The van der Waals surface area contributed by atoms with E-state index < -0.39 is 0 Å². The summed E-state index contributed by atoms with van der Waals surface area (Å²) in [6.45, 7) is 2.40. The first kappa shape index (κ1) is 18.6. The van der Waals surface area contributed by atoms with Crippen LogP contribution in [0.2, 0.25) is 0 Å². The number of nitrogens with one attached hydrogen (secondary N) is 1. The molecule has 28 heavy (non-hydrogen) atoms. The van der Waals surface area contributed by atoms with E-state index in [1.807, 2.05) is 48.3 Å². The third-order valence-corrected chi connectivity index (χ3v) is 5.37. The van der Waals surface area contributed by atoms with E-state index in [4.69, 9.17) is 0 Å². The van der Waals surface area contributed by atoms with E-state index in [0.29, 0.717) is 28.1 Å². The van der Waals surface area contributed by atoms with Crippen LogP contribution < -0.4 is 5.32 Å². The number of hydrogen-bond acceptors (Lipinski definition) is 3. The SMILES string of the molecule is CNCC1CCCN(C(=O)c2cc(-c3ccccc3)nc3cc(F)ccc23)C1. The largest absolute Gasteiger partial charge is 0.338 e. The van der Waals surface area contributed by atoms with Gasteiger partial charge in [0.2, 0.25) is 0 Å². The van der Waals surface area contributed by atoms with E-state index in [1.54, 1.807) is 6.07 Å². The zero-order valence-electron chi connectivity index (χ0n) is 16.0. The summed E-state index contributed by atoms with van der Waals surface area (Å²) in [4.78, 5) is 20.0. The Morgan fingerprint density at radius 3 is 2.82 bits per heavy atom. The molecule has 1 aliphatic heterocycles. The Labute approximate surface area is 164 Å². The summed E-state index contributed by atoms with van der Waals surface area (Å²) in [5.41, 5.74) is 2.70. The molecule has 4 rings (SSSR count). The van der Waals surface area contributed by atoms with Gasteiger partial charge in [-0.25, -0.2) is 9.37 Å². The molecular weight excluding hydrogens is 353 g/mol. The van der Waals surface area contributed by atoms with Crippen LogP contribution in [0.15, 0.2) is 54.6 Å². The number of benzene rings is 2. The minimum absolute atomic E-state index is 0.00278. The van der Waals surface area contributed by atoms with Crippen LogP contribution >= 0.6 is 0 Å². The molecular formula is C23H24FN3O. The summed E-state index contributed by atoms with van der Waals surface area (Å²) in [5, 5.41) is 3.91. The van der Waals surface area contributed by atoms with Crippen molar-refractivity contribution < 1.29 is 9.18 Å². The zero-order valence-corrected chi connectivity index (χ0v) is 16.0. The van der Waals surface area contributed by atoms with Crippen LogP contribution in [-0.2, 0) is 0 Å². The molecule has 0 aliphatic carbocycles. The van der Waals surface area contributed by atoms with Crippen LogP contribution in [0, 0.1) is 11.7 Å². The number of carbonyl (C=O) groups excluding carboxylic acids is 1. The second-order valence-electron chi connectivity index (χ2n) is 7.40. The van der Waals surface area contributed by atoms with Crippen molar-refractivity contribution in [3.63, 3.8) is 0 Å². The van der Waals surface area contributed by atoms with Crippen molar-refractivity contribution in [1.29, 1.82) is 0 Å². The number of pyridine rings is 1. The number of halogens is 1. The zero-order chi connectivity index (χ0) is 19.5. The molecule has 144 valence electrons. The lowest BCUT2D eigenvalue weighted by atomic mass is 9.96. The van der Waals surface area contributed by atoms with E-state index in [0.717, 1.165) is 38.0 Å². The average Bonchev–Trinajstić information content (AvgIpc) is 2.73. The van der Waals surface area contributed by atoms with Crippen molar-refractivity contribution in [3.05, 3.63) is 66.0 Å². The molecule has 3 aromatic rings. The number of fused-ring (bicyclic) bond motifs is 1. The normalized spacial score (nSPS) is 17.1. The number of likely N-dealkylation sites (tertiary alicyclic amines) is 1. The third-order valence-electron chi connectivity index (χ3n) is 5.37. The first-order valence-electron chi connectivity index (χ1n) is 9.75. The maximum atomic E-state index is 13.9. The number of rotatable bonds is 4. The van der Waals surface area contributed by atoms with E-state index in [9.17, 15) is 9.18 Å². The number of hydrogen-bond donors (Lipinski definition) is 1. The van der Waals surface area contributed by atoms with Gasteiger partial charge in [0.1, 0.15) is 5.82 Å². The molecule has 1 amide bonds. The molecule has 1 atom stereocenters. The van der Waals surface area contributed by atoms with Gasteiger partial charge in [0, 0.05) is 30.1 Å². The van der Waals surface area contributed by atoms with E-state index >= 15 is 0 Å². The fourth-order valence-electron chi connectivity index (χ4n) is 4.01. The van der Waals surface area contributed by atoms with Crippen LogP contribution in [0.3, 0.4) is 0 Å². The van der Waals surface area contributed by atoms with Crippen LogP contribution in [0.1, 0.15) is 23.2 Å². The Bertz CT molecular complexity index is 988. The molecule has 0 radical (unpaired) electrons. The molecule has 1 aliphatic rings. The molecule has 2 aromatic carbocycles. The van der Waals surface area contributed by atoms with Crippen LogP contribution in [0.5, 0.6) is 0 Å². The first-order chi connectivity index (χ1) is 13.7. The van der Waals surface area contributed by atoms with Crippen molar-refractivity contribution in [2.45, 2.75) is 12.8 Å². The maximum Gasteiger partial charge on any atom is 0.254 e. The van der Waals surface area contributed by atoms with Crippen LogP contribution in [0.25, 0.3) is 22.2 Å². The van der Waals surface area contributed by atoms with Crippen molar-refractivity contribution in [2.75, 3.05) is 26.7 Å².